The van der Waals surface area contributed by atoms with Gasteiger partial charge in [-0.15, -0.1) is 0 Å². The first-order chi connectivity index (χ1) is 21.0. The Balaban J connectivity index is 1.56. The summed E-state index contributed by atoms with van der Waals surface area (Å²) in [4.78, 5) is 29.2. The van der Waals surface area contributed by atoms with Gasteiger partial charge in [0, 0.05) is 19.5 Å². The Labute approximate surface area is 253 Å². The van der Waals surface area contributed by atoms with Gasteiger partial charge in [-0.05, 0) is 59.5 Å². The van der Waals surface area contributed by atoms with Gasteiger partial charge in [-0.3, -0.25) is 9.59 Å². The van der Waals surface area contributed by atoms with Crippen LogP contribution in [0.2, 0.25) is 0 Å². The van der Waals surface area contributed by atoms with Gasteiger partial charge >= 0.3 is 0 Å². The van der Waals surface area contributed by atoms with Crippen molar-refractivity contribution in [1.82, 2.24) is 10.2 Å². The first-order valence-electron chi connectivity index (χ1n) is 14.1. The molecular formula is C35H38N2O6. The van der Waals surface area contributed by atoms with E-state index < -0.39 is 6.04 Å². The number of amides is 2. The number of nitrogens with one attached hydrogen (secondary N) is 1. The van der Waals surface area contributed by atoms with Crippen molar-refractivity contribution in [3.8, 4) is 23.0 Å². The molecule has 224 valence electrons. The number of benzene rings is 4. The van der Waals surface area contributed by atoms with Crippen molar-refractivity contribution in [2.24, 2.45) is 0 Å². The Morgan fingerprint density at radius 3 is 2.00 bits per heavy atom. The normalized spacial score (nSPS) is 11.2. The van der Waals surface area contributed by atoms with E-state index in [0.29, 0.717) is 42.4 Å². The van der Waals surface area contributed by atoms with Crippen molar-refractivity contribution < 1.29 is 28.5 Å². The van der Waals surface area contributed by atoms with Crippen molar-refractivity contribution in [1.29, 1.82) is 0 Å². The molecule has 4 aromatic carbocycles. The van der Waals surface area contributed by atoms with Crippen molar-refractivity contribution in [3.05, 3.63) is 120 Å². The average Bonchev–Trinajstić information content (AvgIpc) is 3.06. The van der Waals surface area contributed by atoms with E-state index in [1.54, 1.807) is 38.4 Å². The third kappa shape index (κ3) is 9.00. The van der Waals surface area contributed by atoms with E-state index in [1.165, 1.54) is 0 Å². The summed E-state index contributed by atoms with van der Waals surface area (Å²) >= 11 is 0. The average molecular weight is 583 g/mol. The lowest BCUT2D eigenvalue weighted by Gasteiger charge is -2.31. The monoisotopic (exact) mass is 582 g/mol. The van der Waals surface area contributed by atoms with Gasteiger partial charge in [-0.25, -0.2) is 0 Å². The van der Waals surface area contributed by atoms with Gasteiger partial charge in [-0.2, -0.15) is 0 Å². The number of hydrogen-bond donors (Lipinski definition) is 1. The van der Waals surface area contributed by atoms with Gasteiger partial charge in [0.15, 0.2) is 18.1 Å². The number of hydrogen-bond acceptors (Lipinski definition) is 6. The topological polar surface area (TPSA) is 86.3 Å². The summed E-state index contributed by atoms with van der Waals surface area (Å²) in [6.45, 7) is 0.399. The highest BCUT2D eigenvalue weighted by atomic mass is 16.5. The number of ether oxygens (including phenoxy) is 4. The molecule has 0 saturated heterocycles. The largest absolute Gasteiger partial charge is 0.497 e. The zero-order chi connectivity index (χ0) is 30.4. The lowest BCUT2D eigenvalue weighted by atomic mass is 10.0. The molecule has 0 aliphatic heterocycles. The Bertz CT molecular complexity index is 1440. The second-order valence-corrected chi connectivity index (χ2v) is 9.91. The predicted molar refractivity (Wildman–Crippen MR) is 166 cm³/mol. The molecule has 0 fully saturated rings. The molecule has 0 aliphatic carbocycles. The molecule has 0 saturated carbocycles. The maximum absolute atomic E-state index is 13.9. The molecule has 0 aliphatic rings. The van der Waals surface area contributed by atoms with Gasteiger partial charge in [0.25, 0.3) is 5.91 Å². The van der Waals surface area contributed by atoms with Crippen LogP contribution in [-0.4, -0.2) is 57.2 Å². The van der Waals surface area contributed by atoms with Crippen molar-refractivity contribution in [2.75, 3.05) is 34.5 Å². The summed E-state index contributed by atoms with van der Waals surface area (Å²) in [5.74, 6) is 2.02. The van der Waals surface area contributed by atoms with Crippen LogP contribution in [0.25, 0.3) is 0 Å². The molecule has 0 spiro atoms. The molecule has 4 rings (SSSR count). The SMILES string of the molecule is COc1ccc(CN(C(=O)COc2ccccc2)[C@H](Cc2ccccc2)C(=O)NCCc2ccc(OC)c(OC)c2)cc1. The molecule has 1 N–H and O–H groups in total. The molecule has 0 bridgehead atoms. The van der Waals surface area contributed by atoms with Crippen LogP contribution < -0.4 is 24.3 Å². The van der Waals surface area contributed by atoms with E-state index in [0.717, 1.165) is 16.7 Å². The zero-order valence-electron chi connectivity index (χ0n) is 24.8. The number of rotatable bonds is 15. The molecule has 4 aromatic rings. The van der Waals surface area contributed by atoms with Crippen LogP contribution in [0.15, 0.2) is 103 Å². The smallest absolute Gasteiger partial charge is 0.261 e. The standard InChI is InChI=1S/C35H38N2O6/c1-40-29-17-14-28(15-18-29)24-37(34(38)25-43-30-12-8-5-9-13-30)31(22-26-10-6-4-7-11-26)35(39)36-21-20-27-16-19-32(41-2)33(23-27)42-3/h4-19,23,31H,20-22,24-25H2,1-3H3,(H,36,39)/t31-/m1/s1. The number of para-hydroxylation sites is 1. The third-order valence-electron chi connectivity index (χ3n) is 7.05. The summed E-state index contributed by atoms with van der Waals surface area (Å²) < 4.78 is 21.9. The highest BCUT2D eigenvalue weighted by Gasteiger charge is 2.30. The number of methoxy groups -OCH3 is 3. The Kier molecular flexibility index (Phi) is 11.4. The van der Waals surface area contributed by atoms with Gasteiger partial charge in [-0.1, -0.05) is 66.7 Å². The minimum atomic E-state index is -0.776. The summed E-state index contributed by atoms with van der Waals surface area (Å²) in [5.41, 5.74) is 2.80. The van der Waals surface area contributed by atoms with E-state index >= 15 is 0 Å². The van der Waals surface area contributed by atoms with Gasteiger partial charge in [0.2, 0.25) is 5.91 Å². The van der Waals surface area contributed by atoms with Crippen LogP contribution in [0.1, 0.15) is 16.7 Å². The lowest BCUT2D eigenvalue weighted by Crippen LogP contribution is -2.52. The Morgan fingerprint density at radius 1 is 0.698 bits per heavy atom. The van der Waals surface area contributed by atoms with E-state index in [4.69, 9.17) is 18.9 Å². The van der Waals surface area contributed by atoms with Crippen LogP contribution in [0.4, 0.5) is 0 Å². The first kappa shape index (κ1) is 31.0. The minimum Gasteiger partial charge on any atom is -0.497 e. The van der Waals surface area contributed by atoms with E-state index in [9.17, 15) is 9.59 Å². The van der Waals surface area contributed by atoms with Gasteiger partial charge < -0.3 is 29.2 Å². The number of carbonyl (C=O) groups is 2. The highest BCUT2D eigenvalue weighted by Crippen LogP contribution is 2.27. The van der Waals surface area contributed by atoms with Crippen molar-refractivity contribution in [2.45, 2.75) is 25.4 Å². The summed E-state index contributed by atoms with van der Waals surface area (Å²) in [5, 5.41) is 3.07. The molecule has 0 unspecified atom stereocenters. The molecule has 0 aromatic heterocycles. The minimum absolute atomic E-state index is 0.204. The van der Waals surface area contributed by atoms with Crippen LogP contribution >= 0.6 is 0 Å². The lowest BCUT2D eigenvalue weighted by molar-refractivity contribution is -0.142. The summed E-state index contributed by atoms with van der Waals surface area (Å²) in [7, 11) is 4.79. The quantitative estimate of drug-likeness (QED) is 0.210. The third-order valence-corrected chi connectivity index (χ3v) is 7.05. The Morgan fingerprint density at radius 2 is 1.35 bits per heavy atom. The van der Waals surface area contributed by atoms with Crippen molar-refractivity contribution in [3.63, 3.8) is 0 Å². The fourth-order valence-electron chi connectivity index (χ4n) is 4.71. The molecule has 8 nitrogen and oxygen atoms in total. The zero-order valence-corrected chi connectivity index (χ0v) is 24.8. The summed E-state index contributed by atoms with van der Waals surface area (Å²) in [6, 6.07) is 31.2. The first-order valence-corrected chi connectivity index (χ1v) is 14.1. The second-order valence-electron chi connectivity index (χ2n) is 9.91. The molecular weight excluding hydrogens is 544 g/mol. The molecule has 8 heteroatoms. The van der Waals surface area contributed by atoms with Crippen molar-refractivity contribution >= 4 is 11.8 Å². The summed E-state index contributed by atoms with van der Waals surface area (Å²) in [6.07, 6.45) is 0.921. The fraction of sp³-hybridized carbons (Fsp3) is 0.257. The second kappa shape index (κ2) is 15.9. The van der Waals surface area contributed by atoms with E-state index in [1.807, 2.05) is 91.0 Å². The Hall–Kier alpha value is -4.98. The number of nitrogens with zero attached hydrogens (tertiary/aromatic N) is 1. The predicted octanol–water partition coefficient (Wildman–Crippen LogP) is 5.09. The fourth-order valence-corrected chi connectivity index (χ4v) is 4.71. The molecule has 0 radical (unpaired) electrons. The van der Waals surface area contributed by atoms with E-state index in [2.05, 4.69) is 5.32 Å². The van der Waals surface area contributed by atoms with Crippen LogP contribution in [0, 0.1) is 0 Å². The molecule has 0 heterocycles. The van der Waals surface area contributed by atoms with E-state index in [-0.39, 0.29) is 25.0 Å². The molecule has 1 atom stereocenters. The molecule has 43 heavy (non-hydrogen) atoms. The maximum Gasteiger partial charge on any atom is 0.261 e. The van der Waals surface area contributed by atoms with Crippen LogP contribution in [0.3, 0.4) is 0 Å². The molecule has 2 amide bonds. The van der Waals surface area contributed by atoms with Gasteiger partial charge in [0.1, 0.15) is 17.5 Å². The number of carbonyl (C=O) groups excluding carboxylic acids is 2. The van der Waals surface area contributed by atoms with Gasteiger partial charge in [0.05, 0.1) is 21.3 Å². The van der Waals surface area contributed by atoms with Crippen LogP contribution in [0.5, 0.6) is 23.0 Å². The van der Waals surface area contributed by atoms with Crippen LogP contribution in [-0.2, 0) is 29.0 Å². The maximum atomic E-state index is 13.9. The highest BCUT2D eigenvalue weighted by molar-refractivity contribution is 5.88.